The first-order chi connectivity index (χ1) is 42.1. The highest BCUT2D eigenvalue weighted by atomic mass is 35.5. The lowest BCUT2D eigenvalue weighted by molar-refractivity contribution is -0.394. The van der Waals surface area contributed by atoms with Gasteiger partial charge in [-0.1, -0.05) is 109 Å². The number of ketones is 1. The smallest absolute Gasteiger partial charge is 0.423 e. The summed E-state index contributed by atoms with van der Waals surface area (Å²) in [7, 11) is -1.43. The molecule has 0 saturated heterocycles. The van der Waals surface area contributed by atoms with Gasteiger partial charge < -0.3 is 41.2 Å². The minimum atomic E-state index is -1.43. The summed E-state index contributed by atoms with van der Waals surface area (Å²) >= 11 is 5.54. The maximum absolute atomic E-state index is 11.4. The predicted molar refractivity (Wildman–Crippen MR) is 332 cm³/mol. The van der Waals surface area contributed by atoms with Crippen molar-refractivity contribution in [3.05, 3.63) is 262 Å². The largest absolute Gasteiger partial charge is 0.488 e. The van der Waals surface area contributed by atoms with E-state index in [1.54, 1.807) is 72.8 Å². The monoisotopic (exact) mass is 1240 g/mol. The number of carbonyl (C=O) groups is 1. The molecule has 9 N–H and O–H groups in total. The lowest BCUT2D eigenvalue weighted by Gasteiger charge is -2.08. The Morgan fingerprint density at radius 2 is 0.831 bits per heavy atom. The number of benzene rings is 8. The maximum Gasteiger partial charge on any atom is 0.488 e. The van der Waals surface area contributed by atoms with E-state index in [1.165, 1.54) is 39.0 Å². The standard InChI is InChI=1S/C16H14N2O6.C16H16N2O.C14H12N2O5.C7H9BO3.C7H5ClN2O4/c1-10(20)6-13-7-14(12-4-2-11(9-19)3-5-12)16(18(23)24)8-15(13)17(21)22;1-10-6-13-7-14(15(17)8-16(13)18-10)12-4-2-11(9-19)3-5-12;1-9-6-12(11-4-2-10(8-17)3-5-11)14(16(20)21)7-13(9)15(18)19;9-5-6-1-3-7(4-2-6)8(10)11;1-4-2-5(8)7(10(13)14)3-6(4)9(11)12/h2-5,7-8,19H,6,9H2,1H3;2-8,18-19H,9,17H2,1H3;2-7,17H,8H2,1H3;1-4,9-11H,5H2;2-3H,1H3. The van der Waals surface area contributed by atoms with E-state index in [1.807, 2.05) is 37.3 Å². The summed E-state index contributed by atoms with van der Waals surface area (Å²) < 4.78 is 0. The fourth-order valence-electron chi connectivity index (χ4n) is 8.59. The van der Waals surface area contributed by atoms with Crippen LogP contribution in [0, 0.1) is 81.5 Å². The number of nitro groups is 6. The van der Waals surface area contributed by atoms with Crippen LogP contribution >= 0.6 is 11.6 Å². The van der Waals surface area contributed by atoms with Gasteiger partial charge in [-0.15, -0.1) is 0 Å². The first kappa shape index (κ1) is 69.1. The van der Waals surface area contributed by atoms with Crippen molar-refractivity contribution in [3.8, 4) is 33.4 Å². The first-order valence-electron chi connectivity index (χ1n) is 26.1. The number of Topliss-reactive ketones (excluding diaryl/α,β-unsaturated/α-hetero) is 1. The second-order valence-electron chi connectivity index (χ2n) is 19.5. The lowest BCUT2D eigenvalue weighted by Crippen LogP contribution is -2.29. The quantitative estimate of drug-likeness (QED) is 0.0193. The summed E-state index contributed by atoms with van der Waals surface area (Å²) in [6.07, 6.45) is -0.184. The number of fused-ring (bicyclic) bond motifs is 1. The fourth-order valence-corrected chi connectivity index (χ4v) is 8.88. The minimum absolute atomic E-state index is 0.0260. The van der Waals surface area contributed by atoms with Crippen LogP contribution in [0.15, 0.2) is 152 Å². The van der Waals surface area contributed by atoms with E-state index in [9.17, 15) is 65.5 Å². The van der Waals surface area contributed by atoms with Gasteiger partial charge in [0.05, 0.1) is 85.3 Å². The van der Waals surface area contributed by atoms with Gasteiger partial charge in [-0.05, 0) is 109 Å². The fraction of sp³-hybridized carbons (Fsp3) is 0.150. The molecule has 29 heteroatoms. The molecule has 9 rings (SSSR count). The molecule has 0 unspecified atom stereocenters. The van der Waals surface area contributed by atoms with Crippen molar-refractivity contribution in [2.75, 3.05) is 5.73 Å². The number of aromatic nitrogens is 1. The third-order valence-corrected chi connectivity index (χ3v) is 13.4. The Hall–Kier alpha value is -10.7. The van der Waals surface area contributed by atoms with Crippen LogP contribution in [0.1, 0.15) is 51.6 Å². The minimum Gasteiger partial charge on any atom is -0.423 e. The molecule has 0 atom stereocenters. The summed E-state index contributed by atoms with van der Waals surface area (Å²) in [6.45, 7) is 6.07. The molecule has 8 aromatic carbocycles. The van der Waals surface area contributed by atoms with Crippen molar-refractivity contribution in [2.24, 2.45) is 0 Å². The zero-order valence-corrected chi connectivity index (χ0v) is 48.4. The van der Waals surface area contributed by atoms with Gasteiger partial charge in [0.1, 0.15) is 10.8 Å². The van der Waals surface area contributed by atoms with Crippen LogP contribution in [-0.4, -0.2) is 77.9 Å². The highest BCUT2D eigenvalue weighted by Gasteiger charge is 2.27. The molecule has 0 bridgehead atoms. The molecule has 89 heavy (non-hydrogen) atoms. The number of aliphatic hydroxyl groups is 4. The molecule has 0 radical (unpaired) electrons. The number of nitrogens with one attached hydrogen (secondary N) is 1. The zero-order valence-electron chi connectivity index (χ0n) is 47.7. The number of carbonyl (C=O) groups excluding carboxylic acids is 1. The Labute approximate surface area is 510 Å². The normalized spacial score (nSPS) is 10.4. The average Bonchev–Trinajstić information content (AvgIpc) is 2.15. The van der Waals surface area contributed by atoms with E-state index >= 15 is 0 Å². The van der Waals surface area contributed by atoms with E-state index < -0.39 is 53.7 Å². The van der Waals surface area contributed by atoms with E-state index in [0.29, 0.717) is 44.4 Å². The molecule has 1 aromatic heterocycles. The first-order valence-corrected chi connectivity index (χ1v) is 26.5. The summed E-state index contributed by atoms with van der Waals surface area (Å²) in [5.74, 6) is -0.284. The van der Waals surface area contributed by atoms with Crippen LogP contribution in [0.4, 0.5) is 39.8 Å². The maximum atomic E-state index is 11.4. The number of aromatic amines is 1. The number of aryl methyl sites for hydroxylation is 3. The summed E-state index contributed by atoms with van der Waals surface area (Å²) in [5, 5.41) is 120. The van der Waals surface area contributed by atoms with E-state index in [0.717, 1.165) is 62.7 Å². The number of nitrogens with two attached hydrogens (primary N) is 1. The molecular weight excluding hydrogens is 1180 g/mol. The molecule has 0 fully saturated rings. The van der Waals surface area contributed by atoms with Crippen molar-refractivity contribution >= 4 is 80.7 Å². The second kappa shape index (κ2) is 31.6. The molecule has 0 aliphatic rings. The number of aliphatic hydroxyl groups excluding tert-OH is 4. The van der Waals surface area contributed by atoms with Crippen LogP contribution in [0.5, 0.6) is 0 Å². The third kappa shape index (κ3) is 18.6. The Kier molecular flexibility index (Phi) is 24.5. The number of hydrogen-bond acceptors (Lipinski definition) is 20. The average molecular weight is 1240 g/mol. The summed E-state index contributed by atoms with van der Waals surface area (Å²) in [6, 6.07) is 40.0. The zero-order chi connectivity index (χ0) is 66.0. The number of nitrogen functional groups attached to an aromatic ring is 1. The molecular formula is C60H56BClN8O19. The number of H-pyrrole nitrogens is 1. The Morgan fingerprint density at radius 1 is 0.472 bits per heavy atom. The van der Waals surface area contributed by atoms with Gasteiger partial charge in [-0.2, -0.15) is 0 Å². The Morgan fingerprint density at radius 3 is 1.21 bits per heavy atom. The molecule has 0 aliphatic carbocycles. The summed E-state index contributed by atoms with van der Waals surface area (Å²) in [5.41, 5.74) is 14.7. The molecule has 0 spiro atoms. The number of nitro benzene ring substituents is 6. The Balaban J connectivity index is 0.000000207. The van der Waals surface area contributed by atoms with Gasteiger partial charge in [0, 0.05) is 51.0 Å². The predicted octanol–water partition coefficient (Wildman–Crippen LogP) is 10.3. The van der Waals surface area contributed by atoms with Crippen molar-refractivity contribution in [2.45, 2.75) is 60.5 Å². The second-order valence-corrected chi connectivity index (χ2v) is 19.9. The molecule has 1 heterocycles. The highest BCUT2D eigenvalue weighted by Crippen LogP contribution is 2.38. The van der Waals surface area contributed by atoms with Crippen molar-refractivity contribution in [1.82, 2.24) is 4.98 Å². The van der Waals surface area contributed by atoms with Crippen molar-refractivity contribution in [1.29, 1.82) is 0 Å². The number of anilines is 1. The molecule has 0 saturated carbocycles. The van der Waals surface area contributed by atoms with Gasteiger partial charge in [0.2, 0.25) is 0 Å². The molecule has 27 nitrogen and oxygen atoms in total. The van der Waals surface area contributed by atoms with Gasteiger partial charge in [0.25, 0.3) is 34.1 Å². The van der Waals surface area contributed by atoms with Crippen LogP contribution in [0.3, 0.4) is 0 Å². The van der Waals surface area contributed by atoms with Crippen LogP contribution in [-0.2, 0) is 37.6 Å². The number of nitrogens with zero attached hydrogens (tertiary/aromatic N) is 6. The van der Waals surface area contributed by atoms with Gasteiger partial charge in [0.15, 0.2) is 0 Å². The number of hydrogen-bond donors (Lipinski definition) is 8. The van der Waals surface area contributed by atoms with Gasteiger partial charge >= 0.3 is 7.12 Å². The van der Waals surface area contributed by atoms with Gasteiger partial charge in [-0.25, -0.2) is 0 Å². The van der Waals surface area contributed by atoms with Crippen molar-refractivity contribution in [3.63, 3.8) is 0 Å². The molecule has 0 amide bonds. The SMILES string of the molecule is CC(=O)Cc1cc(-c2ccc(CO)cc2)c([N+](=O)[O-])cc1[N+](=O)[O-].Cc1cc(-c2ccc(CO)cc2)c([N+](=O)[O-])cc1[N+](=O)[O-].Cc1cc(Cl)c([N+](=O)[O-])cc1[N+](=O)[O-].Cc1cc2cc(-c3ccc(CO)cc3)c(N)cc2[nH]1.OCc1ccc(B(O)O)cc1. The van der Waals surface area contributed by atoms with Gasteiger partial charge in [-0.3, -0.25) is 65.5 Å². The Bertz CT molecular complexity index is 4040. The van der Waals surface area contributed by atoms with Crippen LogP contribution in [0.2, 0.25) is 5.02 Å². The molecule has 9 aromatic rings. The highest BCUT2D eigenvalue weighted by molar-refractivity contribution is 6.58. The van der Waals surface area contributed by atoms with Crippen molar-refractivity contribution < 1.29 is 64.8 Å². The number of halogens is 1. The third-order valence-electron chi connectivity index (χ3n) is 13.1. The summed E-state index contributed by atoms with van der Waals surface area (Å²) in [4.78, 5) is 75.8. The molecule has 0 aliphatic heterocycles. The van der Waals surface area contributed by atoms with Crippen LogP contribution < -0.4 is 11.2 Å². The molecule has 460 valence electrons. The van der Waals surface area contributed by atoms with Crippen LogP contribution in [0.25, 0.3) is 44.3 Å². The number of rotatable bonds is 16. The lowest BCUT2D eigenvalue weighted by atomic mass is 9.80. The van der Waals surface area contributed by atoms with E-state index in [4.69, 9.17) is 47.8 Å². The topological polar surface area (TPSA) is 439 Å². The van der Waals surface area contributed by atoms with E-state index in [-0.39, 0.29) is 71.8 Å². The van der Waals surface area contributed by atoms with E-state index in [2.05, 4.69) is 17.1 Å².